The molecule has 1 aliphatic heterocycles. The molecule has 2 N–H and O–H groups in total. The predicted octanol–water partition coefficient (Wildman–Crippen LogP) is 3.17. The molecular formula is C18H27ClN2O3. The number of hydrogen-bond donors (Lipinski definition) is 2. The minimum absolute atomic E-state index is 0. The van der Waals surface area contributed by atoms with Gasteiger partial charge in [0.1, 0.15) is 0 Å². The van der Waals surface area contributed by atoms with Crippen LogP contribution in [0.15, 0.2) is 18.2 Å². The molecule has 1 aromatic carbocycles. The van der Waals surface area contributed by atoms with Crippen LogP contribution < -0.4 is 10.6 Å². The molecule has 0 aliphatic carbocycles. The molecule has 2 atom stereocenters. The normalized spacial score (nSPS) is 18.2. The first-order valence-electron chi connectivity index (χ1n) is 8.20. The van der Waals surface area contributed by atoms with Crippen LogP contribution in [0.1, 0.15) is 42.1 Å². The van der Waals surface area contributed by atoms with Crippen molar-refractivity contribution in [3.63, 3.8) is 0 Å². The highest BCUT2D eigenvalue weighted by Gasteiger charge is 2.22. The molecule has 1 amide bonds. The van der Waals surface area contributed by atoms with Crippen LogP contribution in [0.4, 0.5) is 5.69 Å². The highest BCUT2D eigenvalue weighted by Crippen LogP contribution is 2.23. The summed E-state index contributed by atoms with van der Waals surface area (Å²) in [7, 11) is 1.36. The Bertz CT molecular complexity index is 571. The molecule has 2 rings (SSSR count). The van der Waals surface area contributed by atoms with Crippen LogP contribution in [0.25, 0.3) is 0 Å². The monoisotopic (exact) mass is 354 g/mol. The maximum Gasteiger partial charge on any atom is 0.338 e. The number of benzene rings is 1. The van der Waals surface area contributed by atoms with Gasteiger partial charge in [-0.15, -0.1) is 12.4 Å². The maximum absolute atomic E-state index is 12.2. The number of aryl methyl sites for hydroxylation is 1. The molecule has 5 nitrogen and oxygen atoms in total. The fourth-order valence-electron chi connectivity index (χ4n) is 3.12. The Balaban J connectivity index is 0.00000288. The van der Waals surface area contributed by atoms with Gasteiger partial charge in [0.2, 0.25) is 5.91 Å². The van der Waals surface area contributed by atoms with E-state index in [-0.39, 0.29) is 24.3 Å². The van der Waals surface area contributed by atoms with E-state index >= 15 is 0 Å². The number of halogens is 1. The van der Waals surface area contributed by atoms with Crippen LogP contribution in [0.2, 0.25) is 0 Å². The number of piperidine rings is 1. The Morgan fingerprint density at radius 1 is 1.42 bits per heavy atom. The fraction of sp³-hybridized carbons (Fsp3) is 0.556. The van der Waals surface area contributed by atoms with E-state index in [9.17, 15) is 9.59 Å². The molecule has 0 saturated carbocycles. The van der Waals surface area contributed by atoms with E-state index in [1.807, 2.05) is 6.92 Å². The van der Waals surface area contributed by atoms with Crippen LogP contribution in [0.5, 0.6) is 0 Å². The highest BCUT2D eigenvalue weighted by molar-refractivity contribution is 5.94. The molecule has 24 heavy (non-hydrogen) atoms. The van der Waals surface area contributed by atoms with Gasteiger partial charge in [-0.05, 0) is 68.5 Å². The standard InChI is InChI=1S/C18H26N2O3.ClH/c1-12(14-5-4-8-19-11-14)10-17(21)20-15-6-7-16(13(2)9-15)18(22)23-3;/h6-7,9,12,14,19H,4-5,8,10-11H2,1-3H3,(H,20,21);1H. The third-order valence-electron chi connectivity index (χ3n) is 4.56. The average Bonchev–Trinajstić information content (AvgIpc) is 2.55. The second-order valence-electron chi connectivity index (χ2n) is 6.36. The van der Waals surface area contributed by atoms with Crippen LogP contribution in [0, 0.1) is 18.8 Å². The SMILES string of the molecule is COC(=O)c1ccc(NC(=O)CC(C)C2CCCNC2)cc1C.Cl. The van der Waals surface area contributed by atoms with Crippen molar-refractivity contribution in [1.29, 1.82) is 0 Å². The lowest BCUT2D eigenvalue weighted by Crippen LogP contribution is -2.34. The van der Waals surface area contributed by atoms with Gasteiger partial charge in [-0.2, -0.15) is 0 Å². The third-order valence-corrected chi connectivity index (χ3v) is 4.56. The Morgan fingerprint density at radius 3 is 2.75 bits per heavy atom. The largest absolute Gasteiger partial charge is 0.465 e. The van der Waals surface area contributed by atoms with Crippen molar-refractivity contribution in [3.05, 3.63) is 29.3 Å². The van der Waals surface area contributed by atoms with Gasteiger partial charge in [0.05, 0.1) is 12.7 Å². The minimum atomic E-state index is -0.362. The summed E-state index contributed by atoms with van der Waals surface area (Å²) in [5.74, 6) is 0.586. The molecule has 134 valence electrons. The van der Waals surface area contributed by atoms with E-state index in [0.29, 0.717) is 29.5 Å². The van der Waals surface area contributed by atoms with Gasteiger partial charge in [0.15, 0.2) is 0 Å². The van der Waals surface area contributed by atoms with E-state index < -0.39 is 0 Å². The Labute approximate surface area is 149 Å². The number of carbonyl (C=O) groups excluding carboxylic acids is 2. The number of rotatable bonds is 5. The summed E-state index contributed by atoms with van der Waals surface area (Å²) in [6.07, 6.45) is 2.89. The minimum Gasteiger partial charge on any atom is -0.465 e. The maximum atomic E-state index is 12.2. The summed E-state index contributed by atoms with van der Waals surface area (Å²) in [4.78, 5) is 23.8. The number of methoxy groups -OCH3 is 1. The van der Waals surface area contributed by atoms with Crippen molar-refractivity contribution in [1.82, 2.24) is 5.32 Å². The summed E-state index contributed by atoms with van der Waals surface area (Å²) in [5.41, 5.74) is 2.03. The molecular weight excluding hydrogens is 328 g/mol. The van der Waals surface area contributed by atoms with Crippen molar-refractivity contribution in [2.75, 3.05) is 25.5 Å². The van der Waals surface area contributed by atoms with Gasteiger partial charge in [-0.3, -0.25) is 4.79 Å². The van der Waals surface area contributed by atoms with E-state index in [2.05, 4.69) is 17.6 Å². The zero-order valence-corrected chi connectivity index (χ0v) is 15.4. The van der Waals surface area contributed by atoms with Crippen molar-refractivity contribution in [2.45, 2.75) is 33.1 Å². The Morgan fingerprint density at radius 2 is 2.17 bits per heavy atom. The summed E-state index contributed by atoms with van der Waals surface area (Å²) in [6, 6.07) is 5.23. The summed E-state index contributed by atoms with van der Waals surface area (Å²) in [6.45, 7) is 6.06. The topological polar surface area (TPSA) is 67.4 Å². The van der Waals surface area contributed by atoms with Crippen molar-refractivity contribution in [2.24, 2.45) is 11.8 Å². The number of amides is 1. The van der Waals surface area contributed by atoms with Crippen molar-refractivity contribution >= 4 is 30.0 Å². The first-order chi connectivity index (χ1) is 11.0. The number of ether oxygens (including phenoxy) is 1. The molecule has 0 radical (unpaired) electrons. The lowest BCUT2D eigenvalue weighted by atomic mass is 9.85. The van der Waals surface area contributed by atoms with E-state index in [4.69, 9.17) is 4.74 Å². The lowest BCUT2D eigenvalue weighted by molar-refractivity contribution is -0.117. The molecule has 0 spiro atoms. The molecule has 2 unspecified atom stereocenters. The van der Waals surface area contributed by atoms with E-state index in [1.165, 1.54) is 20.0 Å². The van der Waals surface area contributed by atoms with Crippen LogP contribution in [-0.4, -0.2) is 32.1 Å². The van der Waals surface area contributed by atoms with Gasteiger partial charge in [0, 0.05) is 12.1 Å². The second kappa shape index (κ2) is 9.64. The second-order valence-corrected chi connectivity index (χ2v) is 6.36. The molecule has 1 heterocycles. The summed E-state index contributed by atoms with van der Waals surface area (Å²) in [5, 5.41) is 6.32. The first-order valence-corrected chi connectivity index (χ1v) is 8.20. The van der Waals surface area contributed by atoms with Crippen molar-refractivity contribution in [3.8, 4) is 0 Å². The van der Waals surface area contributed by atoms with Crippen LogP contribution in [0.3, 0.4) is 0 Å². The third kappa shape index (κ3) is 5.49. The van der Waals surface area contributed by atoms with Crippen molar-refractivity contribution < 1.29 is 14.3 Å². The fourth-order valence-corrected chi connectivity index (χ4v) is 3.12. The van der Waals surface area contributed by atoms with Gasteiger partial charge in [-0.25, -0.2) is 4.79 Å². The van der Waals surface area contributed by atoms with E-state index in [0.717, 1.165) is 18.7 Å². The number of anilines is 1. The summed E-state index contributed by atoms with van der Waals surface area (Å²) >= 11 is 0. The molecule has 0 aromatic heterocycles. The van der Waals surface area contributed by atoms with Crippen LogP contribution in [-0.2, 0) is 9.53 Å². The van der Waals surface area contributed by atoms with Gasteiger partial charge >= 0.3 is 5.97 Å². The lowest BCUT2D eigenvalue weighted by Gasteiger charge is -2.28. The molecule has 1 fully saturated rings. The first kappa shape index (κ1) is 20.5. The zero-order valence-electron chi connectivity index (χ0n) is 14.6. The number of hydrogen-bond acceptors (Lipinski definition) is 4. The molecule has 1 saturated heterocycles. The Kier molecular flexibility index (Phi) is 8.22. The quantitative estimate of drug-likeness (QED) is 0.797. The van der Waals surface area contributed by atoms with E-state index in [1.54, 1.807) is 18.2 Å². The Hall–Kier alpha value is -1.59. The zero-order chi connectivity index (χ0) is 16.8. The van der Waals surface area contributed by atoms with Gasteiger partial charge in [0.25, 0.3) is 0 Å². The predicted molar refractivity (Wildman–Crippen MR) is 97.8 cm³/mol. The summed E-state index contributed by atoms with van der Waals surface area (Å²) < 4.78 is 4.73. The van der Waals surface area contributed by atoms with Crippen LogP contribution >= 0.6 is 12.4 Å². The van der Waals surface area contributed by atoms with Gasteiger partial charge in [-0.1, -0.05) is 6.92 Å². The number of nitrogens with one attached hydrogen (secondary N) is 2. The molecule has 1 aromatic rings. The van der Waals surface area contributed by atoms with Gasteiger partial charge < -0.3 is 15.4 Å². The molecule has 0 bridgehead atoms. The number of carbonyl (C=O) groups is 2. The average molecular weight is 355 g/mol. The highest BCUT2D eigenvalue weighted by atomic mass is 35.5. The molecule has 1 aliphatic rings. The molecule has 6 heteroatoms. The number of esters is 1. The smallest absolute Gasteiger partial charge is 0.338 e.